The fourth-order valence-electron chi connectivity index (χ4n) is 1.45. The van der Waals surface area contributed by atoms with Crippen molar-refractivity contribution < 1.29 is 9.53 Å². The van der Waals surface area contributed by atoms with Crippen LogP contribution < -0.4 is 10.6 Å². The Bertz CT molecular complexity index is 173. The molecule has 13 heavy (non-hydrogen) atoms. The van der Waals surface area contributed by atoms with Gasteiger partial charge in [-0.1, -0.05) is 6.92 Å². The lowest BCUT2D eigenvalue weighted by Gasteiger charge is -2.10. The highest BCUT2D eigenvalue weighted by molar-refractivity contribution is 5.82. The van der Waals surface area contributed by atoms with Gasteiger partial charge in [0.15, 0.2) is 0 Å². The number of methoxy groups -OCH3 is 1. The summed E-state index contributed by atoms with van der Waals surface area (Å²) < 4.78 is 5.15. The molecule has 0 aliphatic carbocycles. The minimum Gasteiger partial charge on any atom is -0.380 e. The average molecular weight is 186 g/mol. The van der Waals surface area contributed by atoms with Gasteiger partial charge >= 0.3 is 0 Å². The second-order valence-corrected chi connectivity index (χ2v) is 3.35. The zero-order chi connectivity index (χ0) is 9.68. The lowest BCUT2D eigenvalue weighted by Crippen LogP contribution is -2.40. The lowest BCUT2D eigenvalue weighted by atomic mass is 10.2. The summed E-state index contributed by atoms with van der Waals surface area (Å²) in [6, 6.07) is -0.0588. The van der Waals surface area contributed by atoms with Gasteiger partial charge in [-0.2, -0.15) is 0 Å². The van der Waals surface area contributed by atoms with Crippen molar-refractivity contribution in [2.75, 3.05) is 20.2 Å². The number of rotatable bonds is 4. The van der Waals surface area contributed by atoms with E-state index in [9.17, 15) is 4.79 Å². The van der Waals surface area contributed by atoms with Crippen LogP contribution in [0, 0.1) is 0 Å². The van der Waals surface area contributed by atoms with Crippen molar-refractivity contribution in [3.8, 4) is 0 Å². The van der Waals surface area contributed by atoms with E-state index in [1.54, 1.807) is 7.11 Å². The molecule has 1 fully saturated rings. The maximum Gasteiger partial charge on any atom is 0.237 e. The van der Waals surface area contributed by atoms with Gasteiger partial charge in [0.2, 0.25) is 5.91 Å². The zero-order valence-corrected chi connectivity index (χ0v) is 8.30. The first-order valence-corrected chi connectivity index (χ1v) is 4.81. The molecule has 1 aliphatic rings. The van der Waals surface area contributed by atoms with Crippen LogP contribution in [0.1, 0.15) is 19.8 Å². The number of carbonyl (C=O) groups excluding carboxylic acids is 1. The largest absolute Gasteiger partial charge is 0.380 e. The molecule has 1 amide bonds. The maximum atomic E-state index is 11.4. The molecular weight excluding hydrogens is 168 g/mol. The minimum atomic E-state index is -0.0588. The first kappa shape index (κ1) is 10.5. The quantitative estimate of drug-likeness (QED) is 0.644. The van der Waals surface area contributed by atoms with Gasteiger partial charge in [0, 0.05) is 20.2 Å². The van der Waals surface area contributed by atoms with Gasteiger partial charge in [-0.05, 0) is 12.8 Å². The second kappa shape index (κ2) is 5.19. The van der Waals surface area contributed by atoms with Crippen LogP contribution in [0.25, 0.3) is 0 Å². The van der Waals surface area contributed by atoms with E-state index in [1.165, 1.54) is 0 Å². The molecule has 4 nitrogen and oxygen atoms in total. The summed E-state index contributed by atoms with van der Waals surface area (Å²) in [5, 5.41) is 5.99. The molecule has 4 heteroatoms. The van der Waals surface area contributed by atoms with Crippen molar-refractivity contribution in [1.82, 2.24) is 10.6 Å². The summed E-state index contributed by atoms with van der Waals surface area (Å²) in [7, 11) is 1.68. The molecular formula is C9H18N2O2. The van der Waals surface area contributed by atoms with Crippen LogP contribution in [0.2, 0.25) is 0 Å². The number of hydrogen-bond donors (Lipinski definition) is 2. The standard InChI is InChI=1S/C9H18N2O2/c1-3-4-10-9(12)8-5-7(13-2)6-11-8/h7-8,11H,3-6H2,1-2H3,(H,10,12). The molecule has 0 saturated carbocycles. The second-order valence-electron chi connectivity index (χ2n) is 3.35. The average Bonchev–Trinajstić information content (AvgIpc) is 2.62. The normalized spacial score (nSPS) is 27.5. The third-order valence-corrected chi connectivity index (χ3v) is 2.29. The summed E-state index contributed by atoms with van der Waals surface area (Å²) in [5.74, 6) is 0.0985. The van der Waals surface area contributed by atoms with E-state index in [0.29, 0.717) is 0 Å². The highest BCUT2D eigenvalue weighted by atomic mass is 16.5. The first-order valence-electron chi connectivity index (χ1n) is 4.81. The summed E-state index contributed by atoms with van der Waals surface area (Å²) >= 11 is 0. The highest BCUT2D eigenvalue weighted by Gasteiger charge is 2.28. The van der Waals surface area contributed by atoms with Crippen LogP contribution in [0.15, 0.2) is 0 Å². The summed E-state index contributed by atoms with van der Waals surface area (Å²) in [4.78, 5) is 11.4. The van der Waals surface area contributed by atoms with Crippen molar-refractivity contribution >= 4 is 5.91 Å². The fraction of sp³-hybridized carbons (Fsp3) is 0.889. The lowest BCUT2D eigenvalue weighted by molar-refractivity contribution is -0.122. The van der Waals surface area contributed by atoms with Crippen LogP contribution in [-0.2, 0) is 9.53 Å². The third-order valence-electron chi connectivity index (χ3n) is 2.29. The smallest absolute Gasteiger partial charge is 0.237 e. The van der Waals surface area contributed by atoms with Gasteiger partial charge < -0.3 is 15.4 Å². The molecule has 0 bridgehead atoms. The zero-order valence-electron chi connectivity index (χ0n) is 8.30. The molecule has 76 valence electrons. The fourth-order valence-corrected chi connectivity index (χ4v) is 1.45. The monoisotopic (exact) mass is 186 g/mol. The van der Waals surface area contributed by atoms with Gasteiger partial charge in [-0.15, -0.1) is 0 Å². The van der Waals surface area contributed by atoms with Gasteiger partial charge in [0.1, 0.15) is 0 Å². The summed E-state index contributed by atoms with van der Waals surface area (Å²) in [6.45, 7) is 3.58. The molecule has 0 aromatic heterocycles. The molecule has 2 atom stereocenters. The van der Waals surface area contributed by atoms with Crippen LogP contribution in [0.5, 0.6) is 0 Å². The van der Waals surface area contributed by atoms with Gasteiger partial charge in [-0.3, -0.25) is 4.79 Å². The van der Waals surface area contributed by atoms with Crippen LogP contribution in [0.3, 0.4) is 0 Å². The van der Waals surface area contributed by atoms with E-state index < -0.39 is 0 Å². The Morgan fingerprint density at radius 3 is 3.00 bits per heavy atom. The molecule has 2 N–H and O–H groups in total. The molecule has 1 rings (SSSR count). The number of amides is 1. The van der Waals surface area contributed by atoms with Crippen LogP contribution in [-0.4, -0.2) is 38.3 Å². The SMILES string of the molecule is CCCNC(=O)C1CC(OC)CN1. The van der Waals surface area contributed by atoms with E-state index in [-0.39, 0.29) is 18.1 Å². The van der Waals surface area contributed by atoms with Crippen molar-refractivity contribution in [1.29, 1.82) is 0 Å². The predicted octanol–water partition coefficient (Wildman–Crippen LogP) is -0.110. The Labute approximate surface area is 79.0 Å². The summed E-state index contributed by atoms with van der Waals surface area (Å²) in [6.07, 6.45) is 1.95. The number of hydrogen-bond acceptors (Lipinski definition) is 3. The van der Waals surface area contributed by atoms with Gasteiger partial charge in [0.25, 0.3) is 0 Å². The van der Waals surface area contributed by atoms with E-state index in [1.807, 2.05) is 6.92 Å². The summed E-state index contributed by atoms with van der Waals surface area (Å²) in [5.41, 5.74) is 0. The Balaban J connectivity index is 2.25. The molecule has 1 aliphatic heterocycles. The Hall–Kier alpha value is -0.610. The Kier molecular flexibility index (Phi) is 4.18. The first-order chi connectivity index (χ1) is 6.27. The molecule has 1 saturated heterocycles. The number of nitrogens with one attached hydrogen (secondary N) is 2. The van der Waals surface area contributed by atoms with Crippen molar-refractivity contribution in [3.05, 3.63) is 0 Å². The minimum absolute atomic E-state index is 0.0588. The van der Waals surface area contributed by atoms with E-state index in [2.05, 4.69) is 10.6 Å². The molecule has 2 unspecified atom stereocenters. The predicted molar refractivity (Wildman–Crippen MR) is 50.5 cm³/mol. The Morgan fingerprint density at radius 2 is 2.46 bits per heavy atom. The number of carbonyl (C=O) groups is 1. The Morgan fingerprint density at radius 1 is 1.69 bits per heavy atom. The van der Waals surface area contributed by atoms with Gasteiger partial charge in [0.05, 0.1) is 12.1 Å². The number of ether oxygens (including phenoxy) is 1. The van der Waals surface area contributed by atoms with Crippen molar-refractivity contribution in [2.24, 2.45) is 0 Å². The highest BCUT2D eigenvalue weighted by Crippen LogP contribution is 2.09. The van der Waals surface area contributed by atoms with Crippen LogP contribution in [0.4, 0.5) is 0 Å². The molecule has 0 aromatic rings. The van der Waals surface area contributed by atoms with Crippen LogP contribution >= 0.6 is 0 Å². The van der Waals surface area contributed by atoms with E-state index in [4.69, 9.17) is 4.74 Å². The van der Waals surface area contributed by atoms with Crippen molar-refractivity contribution in [3.63, 3.8) is 0 Å². The van der Waals surface area contributed by atoms with Crippen molar-refractivity contribution in [2.45, 2.75) is 31.9 Å². The molecule has 1 heterocycles. The molecule has 0 radical (unpaired) electrons. The van der Waals surface area contributed by atoms with Gasteiger partial charge in [-0.25, -0.2) is 0 Å². The maximum absolute atomic E-state index is 11.4. The molecule has 0 spiro atoms. The molecule has 0 aromatic carbocycles. The van der Waals surface area contributed by atoms with E-state index >= 15 is 0 Å². The topological polar surface area (TPSA) is 50.4 Å². The van der Waals surface area contributed by atoms with E-state index in [0.717, 1.165) is 25.9 Å². The third kappa shape index (κ3) is 2.97.